The van der Waals surface area contributed by atoms with Crippen LogP contribution in [0.3, 0.4) is 0 Å². The number of benzene rings is 1. The standard InChI is InChI=1S/C27H35N5O3/c1-27(2,3)19-12-14-20(15-13-19)32-21(17-24(31-32)23-10-7-8-16-29-23)9-5-4-6-11-25(34)30-26(35)22(28)18-33/h7-8,10,12-17,22,33H,4-6,9,11,18,28H2,1-3H3,(H,30,34,35)/t22-/m0/s1. The monoisotopic (exact) mass is 477 g/mol. The fourth-order valence-corrected chi connectivity index (χ4v) is 3.71. The maximum atomic E-state index is 11.9. The van der Waals surface area contributed by atoms with Gasteiger partial charge in [-0.05, 0) is 60.6 Å². The lowest BCUT2D eigenvalue weighted by Crippen LogP contribution is -2.45. The molecule has 0 aliphatic carbocycles. The van der Waals surface area contributed by atoms with Crippen molar-refractivity contribution in [1.29, 1.82) is 0 Å². The Morgan fingerprint density at radius 3 is 2.43 bits per heavy atom. The van der Waals surface area contributed by atoms with Crippen molar-refractivity contribution in [1.82, 2.24) is 20.1 Å². The summed E-state index contributed by atoms with van der Waals surface area (Å²) in [5.41, 5.74) is 10.5. The average Bonchev–Trinajstić information content (AvgIpc) is 3.27. The zero-order chi connectivity index (χ0) is 25.4. The number of carbonyl (C=O) groups excluding carboxylic acids is 2. The smallest absolute Gasteiger partial charge is 0.245 e. The van der Waals surface area contributed by atoms with Crippen molar-refractivity contribution >= 4 is 11.8 Å². The fourth-order valence-electron chi connectivity index (χ4n) is 3.71. The fraction of sp³-hybridized carbons (Fsp3) is 0.407. The zero-order valence-corrected chi connectivity index (χ0v) is 20.7. The molecule has 2 aromatic heterocycles. The molecule has 8 heteroatoms. The van der Waals surface area contributed by atoms with E-state index in [4.69, 9.17) is 15.9 Å². The maximum absolute atomic E-state index is 11.9. The molecule has 8 nitrogen and oxygen atoms in total. The number of nitrogens with two attached hydrogens (primary N) is 1. The number of aliphatic hydroxyl groups excluding tert-OH is 1. The molecular weight excluding hydrogens is 442 g/mol. The Hall–Kier alpha value is -3.36. The molecule has 0 bridgehead atoms. The molecule has 0 aliphatic rings. The van der Waals surface area contributed by atoms with Crippen molar-refractivity contribution in [3.8, 4) is 17.1 Å². The number of hydrogen-bond donors (Lipinski definition) is 3. The number of nitrogens with zero attached hydrogens (tertiary/aromatic N) is 3. The lowest BCUT2D eigenvalue weighted by atomic mass is 9.87. The molecule has 0 spiro atoms. The van der Waals surface area contributed by atoms with Crippen LogP contribution in [-0.4, -0.2) is 44.3 Å². The second-order valence-corrected chi connectivity index (χ2v) is 9.71. The number of nitrogens with one attached hydrogen (secondary N) is 1. The number of aliphatic hydroxyl groups is 1. The Balaban J connectivity index is 1.66. The Morgan fingerprint density at radius 2 is 1.80 bits per heavy atom. The molecule has 0 radical (unpaired) electrons. The molecule has 3 aromatic rings. The molecular formula is C27H35N5O3. The van der Waals surface area contributed by atoms with E-state index >= 15 is 0 Å². The van der Waals surface area contributed by atoms with Gasteiger partial charge in [-0.2, -0.15) is 5.10 Å². The summed E-state index contributed by atoms with van der Waals surface area (Å²) in [5.74, 6) is -1.03. The number of carbonyl (C=O) groups is 2. The third kappa shape index (κ3) is 7.31. The van der Waals surface area contributed by atoms with E-state index in [9.17, 15) is 9.59 Å². The summed E-state index contributed by atoms with van der Waals surface area (Å²) in [4.78, 5) is 28.0. The van der Waals surface area contributed by atoms with E-state index in [1.807, 2.05) is 22.9 Å². The molecule has 1 aromatic carbocycles. The van der Waals surface area contributed by atoms with E-state index in [0.29, 0.717) is 6.42 Å². The number of hydrogen-bond acceptors (Lipinski definition) is 6. The number of rotatable bonds is 10. The Bertz CT molecular complexity index is 1120. The van der Waals surface area contributed by atoms with Crippen LogP contribution >= 0.6 is 0 Å². The van der Waals surface area contributed by atoms with Crippen LogP contribution in [0, 0.1) is 0 Å². The third-order valence-corrected chi connectivity index (χ3v) is 5.82. The molecule has 0 saturated heterocycles. The maximum Gasteiger partial charge on any atom is 0.245 e. The minimum absolute atomic E-state index is 0.0741. The zero-order valence-electron chi connectivity index (χ0n) is 20.7. The largest absolute Gasteiger partial charge is 0.394 e. The molecule has 3 rings (SSSR count). The lowest BCUT2D eigenvalue weighted by Gasteiger charge is -2.19. The van der Waals surface area contributed by atoms with Crippen LogP contribution in [0.15, 0.2) is 54.7 Å². The van der Waals surface area contributed by atoms with Gasteiger partial charge in [-0.1, -0.05) is 45.4 Å². The predicted molar refractivity (Wildman–Crippen MR) is 136 cm³/mol. The summed E-state index contributed by atoms with van der Waals surface area (Å²) in [7, 11) is 0. The van der Waals surface area contributed by atoms with Crippen molar-refractivity contribution in [2.45, 2.75) is 64.3 Å². The molecule has 2 amide bonds. The molecule has 35 heavy (non-hydrogen) atoms. The highest BCUT2D eigenvalue weighted by Crippen LogP contribution is 2.25. The van der Waals surface area contributed by atoms with Gasteiger partial charge in [0.2, 0.25) is 11.8 Å². The first-order chi connectivity index (χ1) is 16.7. The first kappa shape index (κ1) is 26.2. The molecule has 2 heterocycles. The van der Waals surface area contributed by atoms with Crippen LogP contribution in [0.5, 0.6) is 0 Å². The highest BCUT2D eigenvalue weighted by molar-refractivity contribution is 5.97. The molecule has 1 atom stereocenters. The SMILES string of the molecule is CC(C)(C)c1ccc(-n2nc(-c3ccccn3)cc2CCCCCC(=O)NC(=O)[C@@H](N)CO)cc1. The van der Waals surface area contributed by atoms with Gasteiger partial charge in [0.15, 0.2) is 0 Å². The number of pyridine rings is 1. The Morgan fingerprint density at radius 1 is 1.06 bits per heavy atom. The van der Waals surface area contributed by atoms with Crippen LogP contribution in [0.25, 0.3) is 17.1 Å². The van der Waals surface area contributed by atoms with Crippen LogP contribution in [0.2, 0.25) is 0 Å². The predicted octanol–water partition coefficient (Wildman–Crippen LogP) is 3.30. The number of aromatic nitrogens is 3. The molecule has 186 valence electrons. The minimum atomic E-state index is -1.08. The second kappa shape index (κ2) is 11.9. The topological polar surface area (TPSA) is 123 Å². The summed E-state index contributed by atoms with van der Waals surface area (Å²) < 4.78 is 1.97. The van der Waals surface area contributed by atoms with Crippen LogP contribution < -0.4 is 11.1 Å². The van der Waals surface area contributed by atoms with Crippen molar-refractivity contribution in [2.24, 2.45) is 5.73 Å². The van der Waals surface area contributed by atoms with Gasteiger partial charge >= 0.3 is 0 Å². The van der Waals surface area contributed by atoms with Gasteiger partial charge < -0.3 is 10.8 Å². The Kier molecular flexibility index (Phi) is 8.89. The van der Waals surface area contributed by atoms with Crippen molar-refractivity contribution in [2.75, 3.05) is 6.61 Å². The van der Waals surface area contributed by atoms with E-state index in [1.54, 1.807) is 6.20 Å². The van der Waals surface area contributed by atoms with Gasteiger partial charge in [-0.15, -0.1) is 0 Å². The number of amides is 2. The van der Waals surface area contributed by atoms with E-state index in [1.165, 1.54) is 5.56 Å². The number of aryl methyl sites for hydroxylation is 1. The van der Waals surface area contributed by atoms with Gasteiger partial charge in [0.25, 0.3) is 0 Å². The summed E-state index contributed by atoms with van der Waals surface area (Å²) in [6, 6.07) is 15.2. The van der Waals surface area contributed by atoms with E-state index in [-0.39, 0.29) is 17.7 Å². The lowest BCUT2D eigenvalue weighted by molar-refractivity contribution is -0.131. The molecule has 0 unspecified atom stereocenters. The highest BCUT2D eigenvalue weighted by atomic mass is 16.3. The number of imide groups is 1. The first-order valence-electron chi connectivity index (χ1n) is 12.0. The van der Waals surface area contributed by atoms with Crippen molar-refractivity contribution in [3.63, 3.8) is 0 Å². The minimum Gasteiger partial charge on any atom is -0.394 e. The van der Waals surface area contributed by atoms with Crippen LogP contribution in [0.4, 0.5) is 0 Å². The quantitative estimate of drug-likeness (QED) is 0.385. The summed E-state index contributed by atoms with van der Waals surface area (Å²) in [5, 5.41) is 16.0. The van der Waals surface area contributed by atoms with Crippen molar-refractivity contribution < 1.29 is 14.7 Å². The van der Waals surface area contributed by atoms with Gasteiger partial charge in [0, 0.05) is 18.3 Å². The van der Waals surface area contributed by atoms with E-state index in [2.05, 4.69) is 61.4 Å². The normalized spacial score (nSPS) is 12.4. The van der Waals surface area contributed by atoms with Gasteiger partial charge in [0.05, 0.1) is 18.0 Å². The van der Waals surface area contributed by atoms with Gasteiger partial charge in [-0.25, -0.2) is 4.68 Å². The summed E-state index contributed by atoms with van der Waals surface area (Å²) in [6.07, 6.45) is 5.11. The van der Waals surface area contributed by atoms with Gasteiger partial charge in [0.1, 0.15) is 11.7 Å². The average molecular weight is 478 g/mol. The summed E-state index contributed by atoms with van der Waals surface area (Å²) >= 11 is 0. The van der Waals surface area contributed by atoms with Crippen LogP contribution in [-0.2, 0) is 21.4 Å². The number of unbranched alkanes of at least 4 members (excludes halogenated alkanes) is 2. The van der Waals surface area contributed by atoms with Crippen molar-refractivity contribution in [3.05, 3.63) is 66.0 Å². The molecule has 0 aliphatic heterocycles. The van der Waals surface area contributed by atoms with E-state index in [0.717, 1.165) is 42.0 Å². The summed E-state index contributed by atoms with van der Waals surface area (Å²) in [6.45, 7) is 6.08. The molecule has 0 fully saturated rings. The van der Waals surface area contributed by atoms with Gasteiger partial charge in [-0.3, -0.25) is 19.9 Å². The Labute approximate surface area is 206 Å². The second-order valence-electron chi connectivity index (χ2n) is 9.71. The van der Waals surface area contributed by atoms with Crippen LogP contribution in [0.1, 0.15) is 57.7 Å². The van der Waals surface area contributed by atoms with E-state index < -0.39 is 18.6 Å². The highest BCUT2D eigenvalue weighted by Gasteiger charge is 2.17. The first-order valence-corrected chi connectivity index (χ1v) is 12.0. The molecule has 0 saturated carbocycles. The molecule has 4 N–H and O–H groups in total. The third-order valence-electron chi connectivity index (χ3n) is 5.82.